The summed E-state index contributed by atoms with van der Waals surface area (Å²) in [4.78, 5) is 27.8. The number of ether oxygens (including phenoxy) is 1. The number of hydrogen-bond acceptors (Lipinski definition) is 3. The number of fused-ring (bicyclic) bond motifs is 3. The van der Waals surface area contributed by atoms with Gasteiger partial charge in [0.15, 0.2) is 0 Å². The van der Waals surface area contributed by atoms with Gasteiger partial charge in [-0.1, -0.05) is 6.07 Å². The van der Waals surface area contributed by atoms with E-state index in [-0.39, 0.29) is 11.5 Å². The predicted molar refractivity (Wildman–Crippen MR) is 105 cm³/mol. The van der Waals surface area contributed by atoms with Crippen molar-refractivity contribution in [1.29, 1.82) is 0 Å². The highest BCUT2D eigenvalue weighted by Gasteiger charge is 2.18. The van der Waals surface area contributed by atoms with Crippen LogP contribution in [-0.2, 0) is 12.8 Å². The van der Waals surface area contributed by atoms with E-state index in [4.69, 9.17) is 4.74 Å². The quantitative estimate of drug-likeness (QED) is 0.681. The number of pyridine rings is 1. The summed E-state index contributed by atoms with van der Waals surface area (Å²) >= 11 is 3.39. The number of H-pyrrole nitrogens is 1. The molecule has 4 rings (SSSR count). The Labute approximate surface area is 158 Å². The molecule has 1 aliphatic carbocycles. The average molecular weight is 413 g/mol. The molecule has 3 aromatic rings. The Kier molecular flexibility index (Phi) is 4.28. The van der Waals surface area contributed by atoms with Gasteiger partial charge in [0.05, 0.1) is 18.2 Å². The molecule has 0 radical (unpaired) electrons. The average Bonchev–Trinajstić information content (AvgIpc) is 3.12. The molecule has 0 saturated carbocycles. The van der Waals surface area contributed by atoms with Crippen molar-refractivity contribution in [2.24, 2.45) is 0 Å². The second-order valence-electron chi connectivity index (χ2n) is 6.33. The van der Waals surface area contributed by atoms with E-state index in [2.05, 4.69) is 26.2 Å². The Morgan fingerprint density at radius 2 is 1.96 bits per heavy atom. The molecule has 2 aromatic carbocycles. The number of halogens is 1. The van der Waals surface area contributed by atoms with Crippen molar-refractivity contribution < 1.29 is 9.53 Å². The number of carbonyl (C=O) groups excluding carboxylic acids is 1. The molecule has 2 N–H and O–H groups in total. The molecule has 0 bridgehead atoms. The highest BCUT2D eigenvalue weighted by Crippen LogP contribution is 2.28. The number of benzene rings is 2. The van der Waals surface area contributed by atoms with Crippen LogP contribution in [0, 0.1) is 0 Å². The van der Waals surface area contributed by atoms with Gasteiger partial charge in [0.2, 0.25) is 0 Å². The van der Waals surface area contributed by atoms with Gasteiger partial charge in [-0.25, -0.2) is 0 Å². The van der Waals surface area contributed by atoms with E-state index in [1.54, 1.807) is 31.4 Å². The van der Waals surface area contributed by atoms with Gasteiger partial charge in [0, 0.05) is 21.1 Å². The fourth-order valence-corrected chi connectivity index (χ4v) is 3.91. The molecule has 6 heteroatoms. The van der Waals surface area contributed by atoms with Crippen molar-refractivity contribution >= 4 is 38.4 Å². The number of aromatic nitrogens is 1. The first kappa shape index (κ1) is 16.8. The van der Waals surface area contributed by atoms with Gasteiger partial charge in [-0.3, -0.25) is 9.59 Å². The number of aryl methyl sites for hydroxylation is 1. The Morgan fingerprint density at radius 1 is 1.15 bits per heavy atom. The summed E-state index contributed by atoms with van der Waals surface area (Å²) in [5.41, 5.74) is 3.87. The van der Waals surface area contributed by atoms with Crippen LogP contribution < -0.4 is 15.6 Å². The molecule has 5 nitrogen and oxygen atoms in total. The summed E-state index contributed by atoms with van der Waals surface area (Å²) in [5, 5.41) is 3.94. The number of carbonyl (C=O) groups is 1. The lowest BCUT2D eigenvalue weighted by atomic mass is 10.1. The third kappa shape index (κ3) is 2.90. The fraction of sp³-hybridized carbons (Fsp3) is 0.200. The molecule has 0 fully saturated rings. The van der Waals surface area contributed by atoms with Crippen molar-refractivity contribution in [3.8, 4) is 5.75 Å². The van der Waals surface area contributed by atoms with Gasteiger partial charge in [-0.2, -0.15) is 0 Å². The maximum Gasteiger partial charge on any atom is 0.256 e. The molecule has 132 valence electrons. The smallest absolute Gasteiger partial charge is 0.256 e. The molecule has 26 heavy (non-hydrogen) atoms. The normalized spacial score (nSPS) is 12.8. The van der Waals surface area contributed by atoms with Crippen molar-refractivity contribution in [2.45, 2.75) is 19.3 Å². The number of aromatic amines is 1. The maximum absolute atomic E-state index is 12.6. The third-order valence-corrected chi connectivity index (χ3v) is 5.45. The zero-order valence-electron chi connectivity index (χ0n) is 14.2. The van der Waals surface area contributed by atoms with E-state index in [0.29, 0.717) is 21.5 Å². The number of methoxy groups -OCH3 is 1. The Balaban J connectivity index is 1.69. The van der Waals surface area contributed by atoms with E-state index in [0.717, 1.165) is 41.3 Å². The first-order valence-corrected chi connectivity index (χ1v) is 9.19. The summed E-state index contributed by atoms with van der Waals surface area (Å²) in [6.45, 7) is 0. The zero-order chi connectivity index (χ0) is 18.3. The number of anilines is 1. The molecule has 1 aliphatic rings. The lowest BCUT2D eigenvalue weighted by molar-refractivity contribution is 0.102. The summed E-state index contributed by atoms with van der Waals surface area (Å²) in [5.74, 6) is 0.357. The Morgan fingerprint density at radius 3 is 2.77 bits per heavy atom. The molecule has 0 atom stereocenters. The first-order chi connectivity index (χ1) is 12.6. The molecule has 1 heterocycles. The highest BCUT2D eigenvalue weighted by molar-refractivity contribution is 9.10. The minimum absolute atomic E-state index is 0.0241. The van der Waals surface area contributed by atoms with Crippen molar-refractivity contribution in [2.75, 3.05) is 12.4 Å². The molecule has 0 spiro atoms. The van der Waals surface area contributed by atoms with E-state index in [9.17, 15) is 9.59 Å². The van der Waals surface area contributed by atoms with Gasteiger partial charge >= 0.3 is 0 Å². The molecule has 0 saturated heterocycles. The minimum atomic E-state index is -0.251. The van der Waals surface area contributed by atoms with Gasteiger partial charge in [-0.05, 0) is 71.1 Å². The van der Waals surface area contributed by atoms with Crippen LogP contribution in [0.1, 0.15) is 27.9 Å². The second-order valence-corrected chi connectivity index (χ2v) is 7.18. The van der Waals surface area contributed by atoms with Crippen LogP contribution in [0.3, 0.4) is 0 Å². The van der Waals surface area contributed by atoms with Crippen LogP contribution in [0.25, 0.3) is 10.9 Å². The van der Waals surface area contributed by atoms with Crippen molar-refractivity contribution in [1.82, 2.24) is 4.98 Å². The van der Waals surface area contributed by atoms with E-state index in [1.807, 2.05) is 12.1 Å². The number of hydrogen-bond donors (Lipinski definition) is 2. The predicted octanol–water partition coefficient (Wildman–Crippen LogP) is 4.04. The highest BCUT2D eigenvalue weighted by atomic mass is 79.9. The van der Waals surface area contributed by atoms with Crippen LogP contribution in [0.5, 0.6) is 5.75 Å². The van der Waals surface area contributed by atoms with Crippen LogP contribution in [-0.4, -0.2) is 18.0 Å². The topological polar surface area (TPSA) is 71.2 Å². The maximum atomic E-state index is 12.6. The lowest BCUT2D eigenvalue weighted by Gasteiger charge is -2.11. The number of rotatable bonds is 3. The Hall–Kier alpha value is -2.60. The molecule has 0 unspecified atom stereocenters. The monoisotopic (exact) mass is 412 g/mol. The molecule has 1 aromatic heterocycles. The van der Waals surface area contributed by atoms with Crippen LogP contribution >= 0.6 is 15.9 Å². The second kappa shape index (κ2) is 6.61. The largest absolute Gasteiger partial charge is 0.497 e. The number of amides is 1. The first-order valence-electron chi connectivity index (χ1n) is 8.39. The van der Waals surface area contributed by atoms with Crippen molar-refractivity contribution in [3.63, 3.8) is 0 Å². The van der Waals surface area contributed by atoms with Crippen LogP contribution in [0.15, 0.2) is 45.7 Å². The van der Waals surface area contributed by atoms with Gasteiger partial charge < -0.3 is 15.0 Å². The fourth-order valence-electron chi connectivity index (χ4n) is 3.48. The zero-order valence-corrected chi connectivity index (χ0v) is 15.8. The summed E-state index contributed by atoms with van der Waals surface area (Å²) in [7, 11) is 1.56. The third-order valence-electron chi connectivity index (χ3n) is 4.76. The summed E-state index contributed by atoms with van der Waals surface area (Å²) in [6, 6.07) is 10.9. The van der Waals surface area contributed by atoms with Gasteiger partial charge in [0.1, 0.15) is 5.75 Å². The molecule has 0 aliphatic heterocycles. The molecular formula is C20H17BrN2O3. The van der Waals surface area contributed by atoms with E-state index >= 15 is 0 Å². The molecule has 1 amide bonds. The standard InChI is InChI=1S/C20H17BrN2O3/c1-26-12-6-8-17(21)16(10-12)20(25)22-11-5-7-14-13-3-2-4-15(13)19(24)23-18(14)9-11/h5-10H,2-4H2,1H3,(H,22,25)(H,23,24). The van der Waals surface area contributed by atoms with E-state index < -0.39 is 0 Å². The lowest BCUT2D eigenvalue weighted by Crippen LogP contribution is -2.14. The SMILES string of the molecule is COc1ccc(Br)c(C(=O)Nc2ccc3c4c(c(=O)[nH]c3c2)CCC4)c1. The summed E-state index contributed by atoms with van der Waals surface area (Å²) < 4.78 is 5.87. The van der Waals surface area contributed by atoms with Crippen molar-refractivity contribution in [3.05, 3.63) is 67.9 Å². The summed E-state index contributed by atoms with van der Waals surface area (Å²) in [6.07, 6.45) is 2.78. The Bertz CT molecular complexity index is 1090. The van der Waals surface area contributed by atoms with Gasteiger partial charge in [0.25, 0.3) is 11.5 Å². The molecular weight excluding hydrogens is 396 g/mol. The van der Waals surface area contributed by atoms with Crippen LogP contribution in [0.2, 0.25) is 0 Å². The van der Waals surface area contributed by atoms with Gasteiger partial charge in [-0.15, -0.1) is 0 Å². The van der Waals surface area contributed by atoms with Crippen LogP contribution in [0.4, 0.5) is 5.69 Å². The minimum Gasteiger partial charge on any atom is -0.497 e. The number of nitrogens with one attached hydrogen (secondary N) is 2. The van der Waals surface area contributed by atoms with E-state index in [1.165, 1.54) is 0 Å².